The summed E-state index contributed by atoms with van der Waals surface area (Å²) in [5, 5.41) is 9.34. The van der Waals surface area contributed by atoms with Gasteiger partial charge in [-0.1, -0.05) is 0 Å². The van der Waals surface area contributed by atoms with Gasteiger partial charge in [-0.25, -0.2) is 0 Å². The maximum atomic E-state index is 9.34. The van der Waals surface area contributed by atoms with Gasteiger partial charge < -0.3 is 10.8 Å². The summed E-state index contributed by atoms with van der Waals surface area (Å²) in [6.07, 6.45) is 4.61. The second kappa shape index (κ2) is 4.00. The van der Waals surface area contributed by atoms with E-state index in [1.165, 1.54) is 0 Å². The third kappa shape index (κ3) is 2.25. The van der Waals surface area contributed by atoms with E-state index >= 15 is 0 Å². The number of rotatable bonds is 3. The van der Waals surface area contributed by atoms with E-state index in [4.69, 9.17) is 5.73 Å². The van der Waals surface area contributed by atoms with Gasteiger partial charge in [0.1, 0.15) is 0 Å². The molecule has 1 rings (SSSR count). The summed E-state index contributed by atoms with van der Waals surface area (Å²) in [5.41, 5.74) is 5.84. The smallest absolute Gasteiger partial charge is 0.0987 e. The highest BCUT2D eigenvalue weighted by Gasteiger charge is 2.06. The Balaban J connectivity index is 2.61. The van der Waals surface area contributed by atoms with E-state index in [9.17, 15) is 5.11 Å². The van der Waals surface area contributed by atoms with Crippen LogP contribution in [-0.2, 0) is 0 Å². The third-order valence-corrected chi connectivity index (χ3v) is 1.36. The minimum absolute atomic E-state index is 0.456. The molecule has 0 radical (unpaired) electrons. The summed E-state index contributed by atoms with van der Waals surface area (Å²) in [7, 11) is 0. The van der Waals surface area contributed by atoms with Crippen LogP contribution in [0.2, 0.25) is 0 Å². The van der Waals surface area contributed by atoms with E-state index in [1.807, 2.05) is 0 Å². The van der Waals surface area contributed by atoms with E-state index in [-0.39, 0.29) is 0 Å². The van der Waals surface area contributed by atoms with Crippen LogP contribution in [0.5, 0.6) is 0 Å². The lowest BCUT2D eigenvalue weighted by Crippen LogP contribution is -2.08. The third-order valence-electron chi connectivity index (χ3n) is 1.36. The van der Waals surface area contributed by atoms with Crippen molar-refractivity contribution in [1.29, 1.82) is 0 Å². The van der Waals surface area contributed by atoms with Crippen molar-refractivity contribution in [3.8, 4) is 0 Å². The van der Waals surface area contributed by atoms with E-state index in [0.29, 0.717) is 18.7 Å². The molecule has 1 aromatic heterocycles. The van der Waals surface area contributed by atoms with Crippen LogP contribution in [0, 0.1) is 0 Å². The summed E-state index contributed by atoms with van der Waals surface area (Å²) in [6, 6.07) is 0. The number of nitrogens with two attached hydrogens (primary N) is 1. The Morgan fingerprint density at radius 3 is 2.91 bits per heavy atom. The molecule has 0 fully saturated rings. The number of aliphatic hydroxyl groups is 1. The van der Waals surface area contributed by atoms with Gasteiger partial charge in [-0.15, -0.1) is 0 Å². The van der Waals surface area contributed by atoms with Gasteiger partial charge in [0.05, 0.1) is 18.0 Å². The Morgan fingerprint density at radius 1 is 1.55 bits per heavy atom. The van der Waals surface area contributed by atoms with E-state index in [1.54, 1.807) is 18.6 Å². The topological polar surface area (TPSA) is 72.0 Å². The molecule has 0 saturated carbocycles. The molecule has 1 heterocycles. The molecule has 0 saturated heterocycles. The normalized spacial score (nSPS) is 12.9. The highest BCUT2D eigenvalue weighted by Crippen LogP contribution is 2.10. The average molecular weight is 153 g/mol. The van der Waals surface area contributed by atoms with Crippen LogP contribution in [0.3, 0.4) is 0 Å². The molecule has 60 valence electrons. The molecular formula is C7H11N3O. The molecular weight excluding hydrogens is 142 g/mol. The van der Waals surface area contributed by atoms with Crippen molar-refractivity contribution in [2.45, 2.75) is 12.5 Å². The molecule has 0 amide bonds. The number of hydrogen-bond donors (Lipinski definition) is 2. The van der Waals surface area contributed by atoms with Crippen molar-refractivity contribution >= 4 is 0 Å². The van der Waals surface area contributed by atoms with Gasteiger partial charge in [0.25, 0.3) is 0 Å². The molecule has 0 aromatic carbocycles. The lowest BCUT2D eigenvalue weighted by atomic mass is 10.2. The zero-order chi connectivity index (χ0) is 8.10. The Bertz CT molecular complexity index is 202. The van der Waals surface area contributed by atoms with Gasteiger partial charge in [-0.05, 0) is 13.0 Å². The van der Waals surface area contributed by atoms with Crippen LogP contribution in [0.15, 0.2) is 18.6 Å². The fourth-order valence-corrected chi connectivity index (χ4v) is 0.788. The largest absolute Gasteiger partial charge is 0.387 e. The first-order chi connectivity index (χ1) is 5.34. The van der Waals surface area contributed by atoms with Crippen molar-refractivity contribution < 1.29 is 5.11 Å². The maximum absolute atomic E-state index is 9.34. The van der Waals surface area contributed by atoms with Gasteiger partial charge in [-0.3, -0.25) is 9.97 Å². The Kier molecular flexibility index (Phi) is 2.95. The monoisotopic (exact) mass is 153 g/mol. The molecule has 11 heavy (non-hydrogen) atoms. The molecule has 4 nitrogen and oxygen atoms in total. The SMILES string of the molecule is NCCC(O)c1cnccn1. The maximum Gasteiger partial charge on any atom is 0.0987 e. The van der Waals surface area contributed by atoms with Crippen molar-refractivity contribution in [2.24, 2.45) is 5.73 Å². The van der Waals surface area contributed by atoms with Gasteiger partial charge in [0.15, 0.2) is 0 Å². The molecule has 0 aliphatic heterocycles. The number of hydrogen-bond acceptors (Lipinski definition) is 4. The molecule has 0 bridgehead atoms. The molecule has 3 N–H and O–H groups in total. The minimum atomic E-state index is -0.575. The van der Waals surface area contributed by atoms with Crippen molar-refractivity contribution in [1.82, 2.24) is 9.97 Å². The van der Waals surface area contributed by atoms with Crippen molar-refractivity contribution in [2.75, 3.05) is 6.54 Å². The molecule has 0 aliphatic carbocycles. The first kappa shape index (κ1) is 8.10. The van der Waals surface area contributed by atoms with Gasteiger partial charge in [0, 0.05) is 12.4 Å². The van der Waals surface area contributed by atoms with Crippen LogP contribution in [-0.4, -0.2) is 21.6 Å². The number of aromatic nitrogens is 2. The molecule has 0 aliphatic rings. The summed E-state index contributed by atoms with van der Waals surface area (Å²) >= 11 is 0. The Morgan fingerprint density at radius 2 is 2.36 bits per heavy atom. The second-order valence-corrected chi connectivity index (χ2v) is 2.22. The van der Waals surface area contributed by atoms with Crippen LogP contribution in [0.25, 0.3) is 0 Å². The number of aliphatic hydroxyl groups excluding tert-OH is 1. The van der Waals surface area contributed by atoms with Crippen LogP contribution in [0.1, 0.15) is 18.2 Å². The zero-order valence-corrected chi connectivity index (χ0v) is 6.14. The van der Waals surface area contributed by atoms with Crippen LogP contribution in [0.4, 0.5) is 0 Å². The average Bonchev–Trinajstić information content (AvgIpc) is 2.07. The predicted molar refractivity (Wildman–Crippen MR) is 40.7 cm³/mol. The van der Waals surface area contributed by atoms with Gasteiger partial charge in [-0.2, -0.15) is 0 Å². The van der Waals surface area contributed by atoms with Gasteiger partial charge in [0.2, 0.25) is 0 Å². The quantitative estimate of drug-likeness (QED) is 0.634. The van der Waals surface area contributed by atoms with Crippen molar-refractivity contribution in [3.05, 3.63) is 24.3 Å². The first-order valence-corrected chi connectivity index (χ1v) is 3.48. The Hall–Kier alpha value is -1.00. The minimum Gasteiger partial charge on any atom is -0.387 e. The van der Waals surface area contributed by atoms with Crippen LogP contribution < -0.4 is 5.73 Å². The lowest BCUT2D eigenvalue weighted by molar-refractivity contribution is 0.165. The van der Waals surface area contributed by atoms with E-state index in [2.05, 4.69) is 9.97 Å². The number of nitrogens with zero attached hydrogens (tertiary/aromatic N) is 2. The first-order valence-electron chi connectivity index (χ1n) is 3.48. The van der Waals surface area contributed by atoms with Crippen LogP contribution >= 0.6 is 0 Å². The molecule has 0 spiro atoms. The Labute approximate surface area is 65.1 Å². The van der Waals surface area contributed by atoms with Gasteiger partial charge >= 0.3 is 0 Å². The summed E-state index contributed by atoms with van der Waals surface area (Å²) in [4.78, 5) is 7.75. The summed E-state index contributed by atoms with van der Waals surface area (Å²) in [5.74, 6) is 0. The van der Waals surface area contributed by atoms with E-state index < -0.39 is 6.10 Å². The standard InChI is InChI=1S/C7H11N3O/c8-2-1-7(11)6-5-9-3-4-10-6/h3-5,7,11H,1-2,8H2. The van der Waals surface area contributed by atoms with Crippen molar-refractivity contribution in [3.63, 3.8) is 0 Å². The fourth-order valence-electron chi connectivity index (χ4n) is 0.788. The molecule has 4 heteroatoms. The fraction of sp³-hybridized carbons (Fsp3) is 0.429. The van der Waals surface area contributed by atoms with E-state index in [0.717, 1.165) is 0 Å². The predicted octanol–water partition coefficient (Wildman–Crippen LogP) is -0.141. The summed E-state index contributed by atoms with van der Waals surface area (Å²) in [6.45, 7) is 0.456. The highest BCUT2D eigenvalue weighted by molar-refractivity contribution is 4.98. The molecule has 1 atom stereocenters. The lowest BCUT2D eigenvalue weighted by Gasteiger charge is -2.05. The second-order valence-electron chi connectivity index (χ2n) is 2.22. The highest BCUT2D eigenvalue weighted by atomic mass is 16.3. The summed E-state index contributed by atoms with van der Waals surface area (Å²) < 4.78 is 0. The molecule has 1 aromatic rings. The molecule has 1 unspecified atom stereocenters. The zero-order valence-electron chi connectivity index (χ0n) is 6.14.